The summed E-state index contributed by atoms with van der Waals surface area (Å²) in [6.07, 6.45) is 0.354. The lowest BCUT2D eigenvalue weighted by atomic mass is 10.2. The largest absolute Gasteiger partial charge is 0.494 e. The summed E-state index contributed by atoms with van der Waals surface area (Å²) in [6.45, 7) is 4.20. The molecule has 0 aliphatic carbocycles. The number of halogens is 1. The summed E-state index contributed by atoms with van der Waals surface area (Å²) >= 11 is 7.21. The first-order valence-corrected chi connectivity index (χ1v) is 9.99. The third kappa shape index (κ3) is 4.10. The quantitative estimate of drug-likeness (QED) is 0.637. The maximum Gasteiger partial charge on any atom is 0.326 e. The highest BCUT2D eigenvalue weighted by Crippen LogP contribution is 2.27. The van der Waals surface area contributed by atoms with E-state index < -0.39 is 17.9 Å². The molecule has 0 radical (unpaired) electrons. The van der Waals surface area contributed by atoms with E-state index in [-0.39, 0.29) is 0 Å². The van der Waals surface area contributed by atoms with Crippen molar-refractivity contribution in [2.24, 2.45) is 4.99 Å². The van der Waals surface area contributed by atoms with Gasteiger partial charge in [-0.3, -0.25) is 4.79 Å². The Kier molecular flexibility index (Phi) is 6.16. The summed E-state index contributed by atoms with van der Waals surface area (Å²) in [7, 11) is 0. The predicted octanol–water partition coefficient (Wildman–Crippen LogP) is 4.53. The fourth-order valence-electron chi connectivity index (χ4n) is 2.90. The Balaban J connectivity index is 2.21. The molecule has 0 aliphatic heterocycles. The fraction of sp³-hybridized carbons (Fsp3) is 0.250. The summed E-state index contributed by atoms with van der Waals surface area (Å²) in [4.78, 5) is 29.0. The molecule has 28 heavy (non-hydrogen) atoms. The van der Waals surface area contributed by atoms with E-state index in [1.165, 1.54) is 17.4 Å². The van der Waals surface area contributed by atoms with Crippen LogP contribution in [0, 0.1) is 0 Å². The Morgan fingerprint density at radius 3 is 2.68 bits per heavy atom. The number of hydrogen-bond acceptors (Lipinski definition) is 4. The van der Waals surface area contributed by atoms with E-state index in [0.717, 1.165) is 4.70 Å². The van der Waals surface area contributed by atoms with Gasteiger partial charge in [-0.05, 0) is 49.7 Å². The van der Waals surface area contributed by atoms with Crippen molar-refractivity contribution >= 4 is 45.0 Å². The molecule has 1 heterocycles. The van der Waals surface area contributed by atoms with Crippen molar-refractivity contribution in [3.8, 4) is 5.75 Å². The second-order valence-corrected chi connectivity index (χ2v) is 7.45. The molecular weight excluding hydrogens is 400 g/mol. The van der Waals surface area contributed by atoms with E-state index >= 15 is 0 Å². The van der Waals surface area contributed by atoms with Crippen molar-refractivity contribution in [3.63, 3.8) is 0 Å². The number of benzene rings is 2. The van der Waals surface area contributed by atoms with E-state index in [1.807, 2.05) is 13.0 Å². The molecule has 0 saturated heterocycles. The zero-order chi connectivity index (χ0) is 20.3. The molecule has 0 aliphatic rings. The molecule has 1 amide bonds. The van der Waals surface area contributed by atoms with E-state index in [2.05, 4.69) is 4.99 Å². The van der Waals surface area contributed by atoms with Crippen LogP contribution in [0.3, 0.4) is 0 Å². The average Bonchev–Trinajstić information content (AvgIpc) is 2.99. The number of carboxylic acids is 1. The Labute approximate surface area is 170 Å². The second-order valence-electron chi connectivity index (χ2n) is 6.01. The first-order chi connectivity index (χ1) is 13.4. The van der Waals surface area contributed by atoms with Crippen LogP contribution in [-0.4, -0.2) is 28.2 Å². The summed E-state index contributed by atoms with van der Waals surface area (Å²) in [5, 5.41) is 10.1. The molecule has 8 heteroatoms. The Bertz CT molecular complexity index is 1100. The highest BCUT2D eigenvalue weighted by molar-refractivity contribution is 7.16. The van der Waals surface area contributed by atoms with E-state index in [1.54, 1.807) is 41.8 Å². The zero-order valence-corrected chi connectivity index (χ0v) is 17.0. The summed E-state index contributed by atoms with van der Waals surface area (Å²) < 4.78 is 7.92. The van der Waals surface area contributed by atoms with Crippen LogP contribution in [0.5, 0.6) is 5.75 Å². The van der Waals surface area contributed by atoms with Crippen LogP contribution in [0.2, 0.25) is 5.02 Å². The van der Waals surface area contributed by atoms with Crippen molar-refractivity contribution < 1.29 is 19.4 Å². The first kappa shape index (κ1) is 20.1. The number of thiazole rings is 1. The second kappa shape index (κ2) is 8.58. The molecule has 6 nitrogen and oxygen atoms in total. The van der Waals surface area contributed by atoms with Crippen molar-refractivity contribution in [1.82, 2.24) is 4.57 Å². The lowest BCUT2D eigenvalue weighted by Gasteiger charge is -2.13. The number of amides is 1. The molecule has 1 aromatic heterocycles. The molecule has 1 N–H and O–H groups in total. The number of fused-ring (bicyclic) bond motifs is 1. The molecular formula is C20H19ClN2O4S. The highest BCUT2D eigenvalue weighted by atomic mass is 35.5. The minimum absolute atomic E-state index is 0.322. The Morgan fingerprint density at radius 1 is 1.25 bits per heavy atom. The number of aromatic nitrogens is 1. The van der Waals surface area contributed by atoms with Gasteiger partial charge in [0.2, 0.25) is 0 Å². The molecule has 3 aromatic rings. The average molecular weight is 419 g/mol. The predicted molar refractivity (Wildman–Crippen MR) is 109 cm³/mol. The maximum atomic E-state index is 12.6. The Morgan fingerprint density at radius 2 is 2.04 bits per heavy atom. The highest BCUT2D eigenvalue weighted by Gasteiger charge is 2.22. The van der Waals surface area contributed by atoms with Crippen molar-refractivity contribution in [1.29, 1.82) is 0 Å². The topological polar surface area (TPSA) is 80.9 Å². The van der Waals surface area contributed by atoms with Gasteiger partial charge in [-0.1, -0.05) is 35.9 Å². The number of ether oxygens (including phenoxy) is 1. The third-order valence-electron chi connectivity index (χ3n) is 4.16. The third-order valence-corrected chi connectivity index (χ3v) is 5.41. The standard InChI is InChI=1S/C20H19ClN2O4S/c1-3-15(19(25)26)23-16-9-8-14(27-4-2)11-17(16)28-20(23)22-18(24)12-6-5-7-13(21)10-12/h5-11,15H,3-4H2,1-2H3,(H,25,26)/b22-20-. The molecule has 0 bridgehead atoms. The van der Waals surface area contributed by atoms with Gasteiger partial charge < -0.3 is 14.4 Å². The molecule has 1 unspecified atom stereocenters. The minimum Gasteiger partial charge on any atom is -0.494 e. The summed E-state index contributed by atoms with van der Waals surface area (Å²) in [5.41, 5.74) is 1.04. The zero-order valence-electron chi connectivity index (χ0n) is 15.4. The number of rotatable bonds is 6. The molecule has 1 atom stereocenters. The maximum absolute atomic E-state index is 12.6. The van der Waals surface area contributed by atoms with Crippen LogP contribution in [-0.2, 0) is 4.79 Å². The fourth-order valence-corrected chi connectivity index (χ4v) is 4.19. The van der Waals surface area contributed by atoms with Gasteiger partial charge in [-0.15, -0.1) is 0 Å². The van der Waals surface area contributed by atoms with Gasteiger partial charge in [0.05, 0.1) is 16.8 Å². The minimum atomic E-state index is -0.979. The molecule has 0 saturated carbocycles. The van der Waals surface area contributed by atoms with Crippen molar-refractivity contribution in [2.75, 3.05) is 6.61 Å². The van der Waals surface area contributed by atoms with Gasteiger partial charge >= 0.3 is 5.97 Å². The van der Waals surface area contributed by atoms with Crippen LogP contribution in [0.4, 0.5) is 0 Å². The van der Waals surface area contributed by atoms with Crippen LogP contribution in [0.1, 0.15) is 36.7 Å². The normalized spacial score (nSPS) is 12.9. The van der Waals surface area contributed by atoms with Crippen LogP contribution in [0.15, 0.2) is 47.5 Å². The van der Waals surface area contributed by atoms with E-state index in [4.69, 9.17) is 16.3 Å². The molecule has 3 rings (SSSR count). The van der Waals surface area contributed by atoms with E-state index in [9.17, 15) is 14.7 Å². The monoisotopic (exact) mass is 418 g/mol. The van der Waals surface area contributed by atoms with Gasteiger partial charge in [0.15, 0.2) is 4.80 Å². The van der Waals surface area contributed by atoms with Crippen LogP contribution >= 0.6 is 22.9 Å². The lowest BCUT2D eigenvalue weighted by molar-refractivity contribution is -0.140. The van der Waals surface area contributed by atoms with Gasteiger partial charge in [-0.2, -0.15) is 4.99 Å². The van der Waals surface area contributed by atoms with Gasteiger partial charge in [-0.25, -0.2) is 4.79 Å². The van der Waals surface area contributed by atoms with Crippen molar-refractivity contribution in [3.05, 3.63) is 57.9 Å². The van der Waals surface area contributed by atoms with Gasteiger partial charge in [0.25, 0.3) is 5.91 Å². The molecule has 146 valence electrons. The number of carbonyl (C=O) groups is 2. The molecule has 0 spiro atoms. The molecule has 0 fully saturated rings. The first-order valence-electron chi connectivity index (χ1n) is 8.80. The molecule has 2 aromatic carbocycles. The number of carbonyl (C=O) groups excluding carboxylic acids is 1. The van der Waals surface area contributed by atoms with Crippen LogP contribution in [0.25, 0.3) is 10.2 Å². The summed E-state index contributed by atoms with van der Waals surface area (Å²) in [6, 6.07) is 11.1. The van der Waals surface area contributed by atoms with E-state index in [0.29, 0.717) is 39.7 Å². The smallest absolute Gasteiger partial charge is 0.326 e. The van der Waals surface area contributed by atoms with Crippen molar-refractivity contribution in [2.45, 2.75) is 26.3 Å². The SMILES string of the molecule is CCOc1ccc2c(c1)s/c(=N\C(=O)c1cccc(Cl)c1)n2C(CC)C(=O)O. The summed E-state index contributed by atoms with van der Waals surface area (Å²) in [5.74, 6) is -0.777. The number of carboxylic acid groups (broad SMARTS) is 1. The number of aliphatic carboxylic acids is 1. The number of hydrogen-bond donors (Lipinski definition) is 1. The Hall–Kier alpha value is -2.64. The van der Waals surface area contributed by atoms with Gasteiger partial charge in [0, 0.05) is 10.6 Å². The number of nitrogens with zero attached hydrogens (tertiary/aromatic N) is 2. The van der Waals surface area contributed by atoms with Crippen LogP contribution < -0.4 is 9.54 Å². The lowest BCUT2D eigenvalue weighted by Crippen LogP contribution is -2.27. The van der Waals surface area contributed by atoms with Gasteiger partial charge in [0.1, 0.15) is 11.8 Å².